The number of rotatable bonds is 3. The van der Waals surface area contributed by atoms with Crippen LogP contribution in [-0.2, 0) is 0 Å². The molecule has 1 aromatic heterocycles. The van der Waals surface area contributed by atoms with Crippen LogP contribution >= 0.6 is 11.8 Å². The molecule has 0 radical (unpaired) electrons. The lowest BCUT2D eigenvalue weighted by atomic mass is 10.1. The number of aromatic amines is 1. The van der Waals surface area contributed by atoms with Gasteiger partial charge in [-0.25, -0.2) is 4.39 Å². The van der Waals surface area contributed by atoms with Gasteiger partial charge in [0.15, 0.2) is 0 Å². The standard InChI is InChI=1S/C17H17FN2S/c1-10-7-16(13(11(2)19)9-14(10)18)21-17-8-12-5-3-4-6-15(12)20-17/h3-9,11,20H,19H2,1-2H3/t11-/m1/s1. The highest BCUT2D eigenvalue weighted by Crippen LogP contribution is 2.35. The first-order valence-electron chi connectivity index (χ1n) is 6.86. The number of nitrogens with one attached hydrogen (secondary N) is 1. The van der Waals surface area contributed by atoms with Gasteiger partial charge in [0, 0.05) is 21.8 Å². The second-order valence-corrected chi connectivity index (χ2v) is 6.33. The summed E-state index contributed by atoms with van der Waals surface area (Å²) < 4.78 is 13.8. The molecule has 0 aliphatic heterocycles. The Kier molecular flexibility index (Phi) is 3.74. The molecular formula is C17H17FN2S. The van der Waals surface area contributed by atoms with Crippen molar-refractivity contribution >= 4 is 22.7 Å². The average molecular weight is 300 g/mol. The van der Waals surface area contributed by atoms with Gasteiger partial charge < -0.3 is 10.7 Å². The Labute approximate surface area is 127 Å². The van der Waals surface area contributed by atoms with Crippen molar-refractivity contribution in [3.8, 4) is 0 Å². The summed E-state index contributed by atoms with van der Waals surface area (Å²) >= 11 is 1.59. The van der Waals surface area contributed by atoms with Crippen molar-refractivity contribution in [2.24, 2.45) is 5.73 Å². The van der Waals surface area contributed by atoms with E-state index in [1.807, 2.05) is 31.2 Å². The number of hydrogen-bond acceptors (Lipinski definition) is 2. The van der Waals surface area contributed by atoms with Gasteiger partial charge in [0.25, 0.3) is 0 Å². The maximum Gasteiger partial charge on any atom is 0.126 e. The fraction of sp³-hybridized carbons (Fsp3) is 0.176. The lowest BCUT2D eigenvalue weighted by molar-refractivity contribution is 0.610. The molecule has 3 N–H and O–H groups in total. The summed E-state index contributed by atoms with van der Waals surface area (Å²) in [5.41, 5.74) is 8.54. The zero-order chi connectivity index (χ0) is 15.0. The number of para-hydroxylation sites is 1. The van der Waals surface area contributed by atoms with Crippen LogP contribution in [0.2, 0.25) is 0 Å². The second-order valence-electron chi connectivity index (χ2n) is 5.25. The molecular weight excluding hydrogens is 283 g/mol. The maximum absolute atomic E-state index is 13.8. The molecule has 0 unspecified atom stereocenters. The molecule has 108 valence electrons. The largest absolute Gasteiger partial charge is 0.349 e. The van der Waals surface area contributed by atoms with E-state index in [0.29, 0.717) is 5.56 Å². The summed E-state index contributed by atoms with van der Waals surface area (Å²) in [4.78, 5) is 4.37. The molecule has 1 atom stereocenters. The van der Waals surface area contributed by atoms with Gasteiger partial charge in [-0.1, -0.05) is 30.0 Å². The summed E-state index contributed by atoms with van der Waals surface area (Å²) in [6.07, 6.45) is 0. The third kappa shape index (κ3) is 2.82. The summed E-state index contributed by atoms with van der Waals surface area (Å²) in [7, 11) is 0. The molecule has 0 aliphatic carbocycles. The first-order valence-corrected chi connectivity index (χ1v) is 7.67. The monoisotopic (exact) mass is 300 g/mol. The molecule has 2 aromatic carbocycles. The number of hydrogen-bond donors (Lipinski definition) is 2. The van der Waals surface area contributed by atoms with E-state index in [1.165, 1.54) is 5.39 Å². The zero-order valence-corrected chi connectivity index (χ0v) is 12.8. The van der Waals surface area contributed by atoms with Crippen LogP contribution < -0.4 is 5.73 Å². The number of H-pyrrole nitrogens is 1. The molecule has 0 amide bonds. The van der Waals surface area contributed by atoms with E-state index in [1.54, 1.807) is 24.8 Å². The van der Waals surface area contributed by atoms with Crippen molar-refractivity contribution in [3.05, 3.63) is 59.4 Å². The minimum Gasteiger partial charge on any atom is -0.349 e. The van der Waals surface area contributed by atoms with Crippen LogP contribution in [0.1, 0.15) is 24.1 Å². The lowest BCUT2D eigenvalue weighted by Gasteiger charge is -2.13. The van der Waals surface area contributed by atoms with Crippen molar-refractivity contribution in [1.29, 1.82) is 0 Å². The molecule has 0 fully saturated rings. The minimum absolute atomic E-state index is 0.202. The van der Waals surface area contributed by atoms with E-state index in [9.17, 15) is 4.39 Å². The van der Waals surface area contributed by atoms with E-state index in [4.69, 9.17) is 5.73 Å². The molecule has 0 bridgehead atoms. The van der Waals surface area contributed by atoms with E-state index in [0.717, 1.165) is 21.0 Å². The zero-order valence-electron chi connectivity index (χ0n) is 12.0. The number of aromatic nitrogens is 1. The first kappa shape index (κ1) is 14.2. The van der Waals surface area contributed by atoms with Gasteiger partial charge in [-0.05, 0) is 49.2 Å². The number of aryl methyl sites for hydroxylation is 1. The number of nitrogens with two attached hydrogens (primary N) is 1. The van der Waals surface area contributed by atoms with Gasteiger partial charge in [-0.15, -0.1) is 0 Å². The average Bonchev–Trinajstić information content (AvgIpc) is 2.84. The van der Waals surface area contributed by atoms with Crippen molar-refractivity contribution < 1.29 is 4.39 Å². The highest BCUT2D eigenvalue weighted by Gasteiger charge is 2.13. The van der Waals surface area contributed by atoms with Crippen LogP contribution in [0.5, 0.6) is 0 Å². The van der Waals surface area contributed by atoms with Crippen molar-refractivity contribution in [3.63, 3.8) is 0 Å². The summed E-state index contributed by atoms with van der Waals surface area (Å²) in [6.45, 7) is 3.65. The number of halogens is 1. The molecule has 4 heteroatoms. The molecule has 1 heterocycles. The molecule has 2 nitrogen and oxygen atoms in total. The van der Waals surface area contributed by atoms with Gasteiger partial charge in [0.05, 0.1) is 5.03 Å². The Morgan fingerprint density at radius 1 is 1.19 bits per heavy atom. The fourth-order valence-electron chi connectivity index (χ4n) is 2.33. The van der Waals surface area contributed by atoms with E-state index in [-0.39, 0.29) is 11.9 Å². The van der Waals surface area contributed by atoms with Crippen LogP contribution in [-0.4, -0.2) is 4.98 Å². The molecule has 3 rings (SSSR count). The Morgan fingerprint density at radius 2 is 1.95 bits per heavy atom. The van der Waals surface area contributed by atoms with Gasteiger partial charge in [0.1, 0.15) is 5.82 Å². The van der Waals surface area contributed by atoms with E-state index in [2.05, 4.69) is 17.1 Å². The van der Waals surface area contributed by atoms with Gasteiger partial charge in [-0.3, -0.25) is 0 Å². The molecule has 0 aliphatic rings. The summed E-state index contributed by atoms with van der Waals surface area (Å²) in [6, 6.07) is 13.4. The van der Waals surface area contributed by atoms with Gasteiger partial charge in [0.2, 0.25) is 0 Å². The van der Waals surface area contributed by atoms with Crippen LogP contribution in [0.3, 0.4) is 0 Å². The van der Waals surface area contributed by atoms with E-state index >= 15 is 0 Å². The Morgan fingerprint density at radius 3 is 2.67 bits per heavy atom. The third-order valence-corrected chi connectivity index (χ3v) is 4.52. The molecule has 0 saturated heterocycles. The second kappa shape index (κ2) is 5.54. The highest BCUT2D eigenvalue weighted by molar-refractivity contribution is 7.99. The fourth-order valence-corrected chi connectivity index (χ4v) is 3.52. The van der Waals surface area contributed by atoms with Crippen LogP contribution in [0.15, 0.2) is 52.4 Å². The smallest absolute Gasteiger partial charge is 0.126 e. The Balaban J connectivity index is 2.02. The first-order chi connectivity index (χ1) is 10.0. The lowest BCUT2D eigenvalue weighted by Crippen LogP contribution is -2.07. The van der Waals surface area contributed by atoms with E-state index < -0.39 is 0 Å². The maximum atomic E-state index is 13.8. The predicted octanol–water partition coefficient (Wildman–Crippen LogP) is 4.79. The summed E-state index contributed by atoms with van der Waals surface area (Å²) in [5, 5.41) is 2.20. The normalized spacial score (nSPS) is 12.8. The number of benzene rings is 2. The molecule has 21 heavy (non-hydrogen) atoms. The Hall–Kier alpha value is -1.78. The SMILES string of the molecule is Cc1cc(Sc2cc3ccccc3[nH]2)c([C@@H](C)N)cc1F. The Bertz CT molecular complexity index is 760. The van der Waals surface area contributed by atoms with Gasteiger partial charge >= 0.3 is 0 Å². The minimum atomic E-state index is -0.205. The molecule has 3 aromatic rings. The third-order valence-electron chi connectivity index (χ3n) is 3.51. The van der Waals surface area contributed by atoms with Crippen LogP contribution in [0, 0.1) is 12.7 Å². The molecule has 0 spiro atoms. The quantitative estimate of drug-likeness (QED) is 0.730. The predicted molar refractivity (Wildman–Crippen MR) is 86.2 cm³/mol. The highest BCUT2D eigenvalue weighted by atomic mass is 32.2. The topological polar surface area (TPSA) is 41.8 Å². The summed E-state index contributed by atoms with van der Waals surface area (Å²) in [5.74, 6) is -0.205. The van der Waals surface area contributed by atoms with Crippen LogP contribution in [0.25, 0.3) is 10.9 Å². The van der Waals surface area contributed by atoms with Crippen molar-refractivity contribution in [1.82, 2.24) is 4.98 Å². The van der Waals surface area contributed by atoms with Crippen LogP contribution in [0.4, 0.5) is 4.39 Å². The van der Waals surface area contributed by atoms with Crippen molar-refractivity contribution in [2.75, 3.05) is 0 Å². The number of fused-ring (bicyclic) bond motifs is 1. The molecule has 0 saturated carbocycles. The van der Waals surface area contributed by atoms with Crippen molar-refractivity contribution in [2.45, 2.75) is 29.8 Å². The van der Waals surface area contributed by atoms with Gasteiger partial charge in [-0.2, -0.15) is 0 Å².